The lowest BCUT2D eigenvalue weighted by Gasteiger charge is -2.40. The lowest BCUT2D eigenvalue weighted by atomic mass is 9.78. The Labute approximate surface area is 94.8 Å². The van der Waals surface area contributed by atoms with E-state index in [0.29, 0.717) is 6.04 Å². The van der Waals surface area contributed by atoms with Gasteiger partial charge in [-0.05, 0) is 46.6 Å². The predicted molar refractivity (Wildman–Crippen MR) is 65.1 cm³/mol. The van der Waals surface area contributed by atoms with Gasteiger partial charge in [-0.25, -0.2) is 0 Å². The molecule has 0 heterocycles. The van der Waals surface area contributed by atoms with Gasteiger partial charge in [-0.15, -0.1) is 0 Å². The molecule has 1 rings (SSSR count). The molecule has 1 atom stereocenters. The smallest absolute Gasteiger partial charge is 0.0781 e. The van der Waals surface area contributed by atoms with Crippen LogP contribution < -0.4 is 5.32 Å². The molecule has 0 amide bonds. The van der Waals surface area contributed by atoms with E-state index >= 15 is 0 Å². The SMILES string of the molecule is CCOC(C)(C)C(NC)C1CCCCC1. The second-order valence-corrected chi connectivity index (χ2v) is 5.20. The average Bonchev–Trinajstić information content (AvgIpc) is 2.19. The van der Waals surface area contributed by atoms with Crippen molar-refractivity contribution in [1.29, 1.82) is 0 Å². The van der Waals surface area contributed by atoms with E-state index in [0.717, 1.165) is 12.5 Å². The topological polar surface area (TPSA) is 21.3 Å². The summed E-state index contributed by atoms with van der Waals surface area (Å²) >= 11 is 0. The molecule has 1 aliphatic carbocycles. The normalized spacial score (nSPS) is 21.6. The minimum absolute atomic E-state index is 0.0362. The molecule has 1 fully saturated rings. The summed E-state index contributed by atoms with van der Waals surface area (Å²) in [6.07, 6.45) is 6.93. The van der Waals surface area contributed by atoms with Crippen LogP contribution >= 0.6 is 0 Å². The maximum absolute atomic E-state index is 5.87. The van der Waals surface area contributed by atoms with Gasteiger partial charge in [0.15, 0.2) is 0 Å². The molecule has 0 bridgehead atoms. The Balaban J connectivity index is 2.59. The Morgan fingerprint density at radius 3 is 2.33 bits per heavy atom. The Hall–Kier alpha value is -0.0800. The maximum Gasteiger partial charge on any atom is 0.0781 e. The molecule has 2 nitrogen and oxygen atoms in total. The molecule has 0 aliphatic heterocycles. The molecule has 0 spiro atoms. The molecule has 2 heteroatoms. The first kappa shape index (κ1) is 13.0. The van der Waals surface area contributed by atoms with Crippen LogP contribution in [0.25, 0.3) is 0 Å². The number of nitrogens with one attached hydrogen (secondary N) is 1. The van der Waals surface area contributed by atoms with E-state index in [2.05, 4.69) is 33.1 Å². The van der Waals surface area contributed by atoms with Gasteiger partial charge >= 0.3 is 0 Å². The molecule has 0 aromatic rings. The third-order valence-corrected chi connectivity index (χ3v) is 3.70. The quantitative estimate of drug-likeness (QED) is 0.758. The van der Waals surface area contributed by atoms with Crippen LogP contribution in [0.3, 0.4) is 0 Å². The zero-order valence-corrected chi connectivity index (χ0v) is 10.8. The van der Waals surface area contributed by atoms with Gasteiger partial charge < -0.3 is 10.1 Å². The van der Waals surface area contributed by atoms with E-state index in [9.17, 15) is 0 Å². The maximum atomic E-state index is 5.87. The fourth-order valence-electron chi connectivity index (χ4n) is 3.08. The van der Waals surface area contributed by atoms with Crippen molar-refractivity contribution in [3.63, 3.8) is 0 Å². The fourth-order valence-corrected chi connectivity index (χ4v) is 3.08. The lowest BCUT2D eigenvalue weighted by molar-refractivity contribution is -0.0551. The highest BCUT2D eigenvalue weighted by molar-refractivity contribution is 4.91. The molecule has 1 N–H and O–H groups in total. The van der Waals surface area contributed by atoms with Gasteiger partial charge in [-0.3, -0.25) is 0 Å². The van der Waals surface area contributed by atoms with Gasteiger partial charge in [0.05, 0.1) is 5.60 Å². The van der Waals surface area contributed by atoms with Gasteiger partial charge in [0.2, 0.25) is 0 Å². The van der Waals surface area contributed by atoms with Crippen molar-refractivity contribution in [3.8, 4) is 0 Å². The van der Waals surface area contributed by atoms with Crippen molar-refractivity contribution in [3.05, 3.63) is 0 Å². The minimum atomic E-state index is -0.0362. The summed E-state index contributed by atoms with van der Waals surface area (Å²) in [5, 5.41) is 3.47. The van der Waals surface area contributed by atoms with Crippen molar-refractivity contribution in [2.45, 2.75) is 64.5 Å². The van der Waals surface area contributed by atoms with Crippen LogP contribution in [-0.2, 0) is 4.74 Å². The summed E-state index contributed by atoms with van der Waals surface area (Å²) in [5.74, 6) is 0.797. The second-order valence-electron chi connectivity index (χ2n) is 5.20. The summed E-state index contributed by atoms with van der Waals surface area (Å²) in [6, 6.07) is 0.498. The van der Waals surface area contributed by atoms with E-state index in [1.165, 1.54) is 32.1 Å². The van der Waals surface area contributed by atoms with Gasteiger partial charge in [-0.1, -0.05) is 19.3 Å². The first-order valence-corrected chi connectivity index (χ1v) is 6.43. The first-order chi connectivity index (χ1) is 7.11. The van der Waals surface area contributed by atoms with Crippen LogP contribution in [0.1, 0.15) is 52.9 Å². The van der Waals surface area contributed by atoms with Crippen molar-refractivity contribution in [2.75, 3.05) is 13.7 Å². The van der Waals surface area contributed by atoms with E-state index in [1.807, 2.05) is 0 Å². The van der Waals surface area contributed by atoms with E-state index in [4.69, 9.17) is 4.74 Å². The summed E-state index contributed by atoms with van der Waals surface area (Å²) in [6.45, 7) is 7.31. The van der Waals surface area contributed by atoms with Gasteiger partial charge in [0, 0.05) is 12.6 Å². The van der Waals surface area contributed by atoms with E-state index < -0.39 is 0 Å². The highest BCUT2D eigenvalue weighted by atomic mass is 16.5. The van der Waals surface area contributed by atoms with Crippen molar-refractivity contribution < 1.29 is 4.74 Å². The Bertz CT molecular complexity index is 173. The van der Waals surface area contributed by atoms with Crippen LogP contribution in [-0.4, -0.2) is 25.3 Å². The molecular formula is C13H27NO. The lowest BCUT2D eigenvalue weighted by Crippen LogP contribution is -2.52. The van der Waals surface area contributed by atoms with Gasteiger partial charge in [0.25, 0.3) is 0 Å². The third kappa shape index (κ3) is 3.46. The van der Waals surface area contributed by atoms with Crippen LogP contribution in [0.2, 0.25) is 0 Å². The molecule has 0 saturated heterocycles. The van der Waals surface area contributed by atoms with Crippen molar-refractivity contribution in [2.24, 2.45) is 5.92 Å². The van der Waals surface area contributed by atoms with E-state index in [-0.39, 0.29) is 5.60 Å². The zero-order chi connectivity index (χ0) is 11.3. The number of rotatable bonds is 5. The standard InChI is InChI=1S/C13H27NO/c1-5-15-13(2,3)12(14-4)11-9-7-6-8-10-11/h11-12,14H,5-10H2,1-4H3. The number of hydrogen-bond acceptors (Lipinski definition) is 2. The molecular weight excluding hydrogens is 186 g/mol. The average molecular weight is 213 g/mol. The fraction of sp³-hybridized carbons (Fsp3) is 1.00. The van der Waals surface area contributed by atoms with Crippen LogP contribution in [0.5, 0.6) is 0 Å². The summed E-state index contributed by atoms with van der Waals surface area (Å²) in [4.78, 5) is 0. The summed E-state index contributed by atoms with van der Waals surface area (Å²) in [5.41, 5.74) is -0.0362. The Morgan fingerprint density at radius 1 is 1.27 bits per heavy atom. The molecule has 1 unspecified atom stereocenters. The molecule has 1 saturated carbocycles. The summed E-state index contributed by atoms with van der Waals surface area (Å²) < 4.78 is 5.87. The van der Waals surface area contributed by atoms with Crippen LogP contribution in [0.4, 0.5) is 0 Å². The summed E-state index contributed by atoms with van der Waals surface area (Å²) in [7, 11) is 2.07. The monoisotopic (exact) mass is 213 g/mol. The molecule has 0 aromatic heterocycles. The molecule has 0 aromatic carbocycles. The largest absolute Gasteiger partial charge is 0.374 e. The highest BCUT2D eigenvalue weighted by Gasteiger charge is 2.35. The molecule has 1 aliphatic rings. The molecule has 15 heavy (non-hydrogen) atoms. The minimum Gasteiger partial charge on any atom is -0.374 e. The third-order valence-electron chi connectivity index (χ3n) is 3.70. The zero-order valence-electron chi connectivity index (χ0n) is 10.8. The molecule has 0 radical (unpaired) electrons. The Morgan fingerprint density at radius 2 is 1.87 bits per heavy atom. The molecule has 90 valence electrons. The van der Waals surface area contributed by atoms with Crippen molar-refractivity contribution in [1.82, 2.24) is 5.32 Å². The van der Waals surface area contributed by atoms with Gasteiger partial charge in [-0.2, -0.15) is 0 Å². The van der Waals surface area contributed by atoms with Crippen molar-refractivity contribution >= 4 is 0 Å². The highest BCUT2D eigenvalue weighted by Crippen LogP contribution is 2.32. The second kappa shape index (κ2) is 5.86. The van der Waals surface area contributed by atoms with Crippen LogP contribution in [0, 0.1) is 5.92 Å². The first-order valence-electron chi connectivity index (χ1n) is 6.43. The van der Waals surface area contributed by atoms with Crippen LogP contribution in [0.15, 0.2) is 0 Å². The Kier molecular flexibility index (Phi) is 5.07. The number of likely N-dealkylation sites (N-methyl/N-ethyl adjacent to an activating group) is 1. The van der Waals surface area contributed by atoms with Gasteiger partial charge in [0.1, 0.15) is 0 Å². The number of hydrogen-bond donors (Lipinski definition) is 1. The predicted octanol–water partition coefficient (Wildman–Crippen LogP) is 2.97. The van der Waals surface area contributed by atoms with E-state index in [1.54, 1.807) is 0 Å². The number of ether oxygens (including phenoxy) is 1.